The van der Waals surface area contributed by atoms with Gasteiger partial charge in [0.05, 0.1) is 17.7 Å². The Morgan fingerprint density at radius 1 is 1.35 bits per heavy atom. The number of aryl methyl sites for hydroxylation is 1. The van der Waals surface area contributed by atoms with Gasteiger partial charge in [0.1, 0.15) is 17.9 Å². The van der Waals surface area contributed by atoms with Gasteiger partial charge in [0.2, 0.25) is 5.88 Å². The second-order valence-electron chi connectivity index (χ2n) is 5.32. The lowest BCUT2D eigenvalue weighted by Crippen LogP contribution is -2.30. The Hall–Kier alpha value is -2.41. The van der Waals surface area contributed by atoms with Crippen LogP contribution in [0.1, 0.15) is 21.7 Å². The third-order valence-corrected chi connectivity index (χ3v) is 4.34. The molecule has 0 radical (unpaired) electrons. The molecule has 2 aliphatic heterocycles. The molecule has 0 spiro atoms. The third kappa shape index (κ3) is 2.37. The highest BCUT2D eigenvalue weighted by molar-refractivity contribution is 9.10. The predicted octanol–water partition coefficient (Wildman–Crippen LogP) is 3.34. The Kier molecular flexibility index (Phi) is 3.30. The fraction of sp³-hybridized carbons (Fsp3) is 0.188. The van der Waals surface area contributed by atoms with Gasteiger partial charge in [0.25, 0.3) is 5.91 Å². The fourth-order valence-corrected chi connectivity index (χ4v) is 3.01. The van der Waals surface area contributed by atoms with Crippen LogP contribution < -0.4 is 5.32 Å². The highest BCUT2D eigenvalue weighted by atomic mass is 79.9. The number of nitrogens with zero attached hydrogens (tertiary/aromatic N) is 3. The molecule has 0 aliphatic carbocycles. The molecular weight excluding hydrogens is 360 g/mol. The molecule has 1 amide bonds. The number of aliphatic imine (C=N–C) groups is 2. The first-order valence-electron chi connectivity index (χ1n) is 7.19. The van der Waals surface area contributed by atoms with Crippen LogP contribution in [0.2, 0.25) is 0 Å². The summed E-state index contributed by atoms with van der Waals surface area (Å²) >= 11 is 3.38. The van der Waals surface area contributed by atoms with E-state index in [-0.39, 0.29) is 5.91 Å². The van der Waals surface area contributed by atoms with Crippen molar-refractivity contribution in [3.63, 3.8) is 0 Å². The van der Waals surface area contributed by atoms with E-state index in [1.54, 1.807) is 13.3 Å². The van der Waals surface area contributed by atoms with Gasteiger partial charge in [0.15, 0.2) is 0 Å². The van der Waals surface area contributed by atoms with E-state index < -0.39 is 0 Å². The first-order valence-corrected chi connectivity index (χ1v) is 7.99. The van der Waals surface area contributed by atoms with Crippen LogP contribution in [0.3, 0.4) is 0 Å². The van der Waals surface area contributed by atoms with Crippen LogP contribution in [0.15, 0.2) is 43.1 Å². The zero-order valence-electron chi connectivity index (χ0n) is 12.3. The van der Waals surface area contributed by atoms with Crippen LogP contribution >= 0.6 is 15.9 Å². The summed E-state index contributed by atoms with van der Waals surface area (Å²) < 4.78 is 6.61. The first kappa shape index (κ1) is 14.2. The van der Waals surface area contributed by atoms with E-state index in [4.69, 9.17) is 4.42 Å². The van der Waals surface area contributed by atoms with Crippen molar-refractivity contribution in [3.8, 4) is 0 Å². The molecule has 0 bridgehead atoms. The molecule has 1 aromatic carbocycles. The molecule has 0 saturated carbocycles. The van der Waals surface area contributed by atoms with Gasteiger partial charge in [-0.3, -0.25) is 9.79 Å². The summed E-state index contributed by atoms with van der Waals surface area (Å²) in [6.07, 6.45) is 1.70. The Labute approximate surface area is 141 Å². The monoisotopic (exact) mass is 372 g/mol. The molecule has 0 saturated heterocycles. The van der Waals surface area contributed by atoms with Crippen LogP contribution in [-0.2, 0) is 0 Å². The minimum atomic E-state index is -0.221. The van der Waals surface area contributed by atoms with Crippen molar-refractivity contribution in [1.29, 1.82) is 0 Å². The quantitative estimate of drug-likeness (QED) is 0.878. The number of hydrogen-bond acceptors (Lipinski definition) is 5. The molecule has 1 aromatic heterocycles. The summed E-state index contributed by atoms with van der Waals surface area (Å²) in [7, 11) is 0. The number of carbonyl (C=O) groups excluding carboxylic acids is 1. The molecule has 2 aromatic rings. The van der Waals surface area contributed by atoms with Crippen molar-refractivity contribution in [3.05, 3.63) is 45.6 Å². The number of nitrogens with one attached hydrogen (secondary N) is 1. The number of fused-ring (bicyclic) bond motifs is 3. The number of hydrogen-bond donors (Lipinski definition) is 1. The number of amidine groups is 1. The molecule has 7 heteroatoms. The highest BCUT2D eigenvalue weighted by Crippen LogP contribution is 2.34. The Balaban J connectivity index is 1.72. The molecule has 3 heterocycles. The van der Waals surface area contributed by atoms with E-state index in [1.807, 2.05) is 29.2 Å². The van der Waals surface area contributed by atoms with E-state index in [1.165, 1.54) is 0 Å². The zero-order chi connectivity index (χ0) is 16.0. The number of carbonyl (C=O) groups is 1. The molecule has 116 valence electrons. The first-order chi connectivity index (χ1) is 11.1. The van der Waals surface area contributed by atoms with Crippen molar-refractivity contribution in [2.24, 2.45) is 9.98 Å². The molecule has 0 unspecified atom stereocenters. The molecule has 0 atom stereocenters. The molecule has 4 rings (SSSR count). The van der Waals surface area contributed by atoms with Gasteiger partial charge in [-0.05, 0) is 31.2 Å². The van der Waals surface area contributed by atoms with Crippen LogP contribution in [0.25, 0.3) is 0 Å². The van der Waals surface area contributed by atoms with E-state index in [0.717, 1.165) is 22.5 Å². The highest BCUT2D eigenvalue weighted by Gasteiger charge is 2.33. The minimum Gasteiger partial charge on any atom is -0.442 e. The lowest BCUT2D eigenvalue weighted by atomic mass is 10.1. The summed E-state index contributed by atoms with van der Waals surface area (Å²) in [5.41, 5.74) is 1.89. The van der Waals surface area contributed by atoms with E-state index >= 15 is 0 Å². The Morgan fingerprint density at radius 2 is 2.13 bits per heavy atom. The van der Waals surface area contributed by atoms with Gasteiger partial charge >= 0.3 is 0 Å². The number of benzene rings is 1. The van der Waals surface area contributed by atoms with Gasteiger partial charge in [-0.1, -0.05) is 15.9 Å². The lowest BCUT2D eigenvalue weighted by Gasteiger charge is -2.18. The van der Waals surface area contributed by atoms with Crippen LogP contribution in [-0.4, -0.2) is 36.1 Å². The zero-order valence-corrected chi connectivity index (χ0v) is 13.9. The normalized spacial score (nSPS) is 15.2. The van der Waals surface area contributed by atoms with E-state index in [0.29, 0.717) is 29.3 Å². The van der Waals surface area contributed by atoms with Crippen molar-refractivity contribution in [1.82, 2.24) is 4.90 Å². The van der Waals surface area contributed by atoms with Gasteiger partial charge in [-0.25, -0.2) is 4.99 Å². The largest absolute Gasteiger partial charge is 0.442 e. The number of rotatable bonds is 2. The maximum absolute atomic E-state index is 12.7. The summed E-state index contributed by atoms with van der Waals surface area (Å²) in [5.74, 6) is 1.52. The summed E-state index contributed by atoms with van der Waals surface area (Å²) in [5, 5.41) is 2.90. The van der Waals surface area contributed by atoms with Crippen molar-refractivity contribution >= 4 is 45.6 Å². The topological polar surface area (TPSA) is 70.2 Å². The van der Waals surface area contributed by atoms with Gasteiger partial charge in [0, 0.05) is 16.7 Å². The molecular formula is C16H13BrN4O2. The summed E-state index contributed by atoms with van der Waals surface area (Å²) in [6, 6.07) is 7.42. The van der Waals surface area contributed by atoms with Crippen molar-refractivity contribution < 1.29 is 9.21 Å². The van der Waals surface area contributed by atoms with Crippen LogP contribution in [0.5, 0.6) is 0 Å². The van der Waals surface area contributed by atoms with Crippen molar-refractivity contribution in [2.45, 2.75) is 6.92 Å². The standard InChI is InChI=1S/C16H13BrN4O2/c1-9-12(15(22)20-11-4-2-10(17)3-5-11)13-14-18-6-7-21(14)8-19-16(13)23-9/h2-5,8H,6-7H2,1H3,(H,20,22). The van der Waals surface area contributed by atoms with Gasteiger partial charge in [-0.15, -0.1) is 0 Å². The Morgan fingerprint density at radius 3 is 2.91 bits per heavy atom. The maximum atomic E-state index is 12.7. The molecule has 23 heavy (non-hydrogen) atoms. The lowest BCUT2D eigenvalue weighted by molar-refractivity contribution is 0.102. The van der Waals surface area contributed by atoms with E-state index in [9.17, 15) is 4.79 Å². The number of amides is 1. The maximum Gasteiger partial charge on any atom is 0.260 e. The molecule has 6 nitrogen and oxygen atoms in total. The smallest absolute Gasteiger partial charge is 0.260 e. The van der Waals surface area contributed by atoms with Gasteiger partial charge < -0.3 is 14.6 Å². The average molecular weight is 373 g/mol. The third-order valence-electron chi connectivity index (χ3n) is 3.81. The predicted molar refractivity (Wildman–Crippen MR) is 91.8 cm³/mol. The number of halogens is 1. The minimum absolute atomic E-state index is 0.221. The second-order valence-corrected chi connectivity index (χ2v) is 6.23. The van der Waals surface area contributed by atoms with Gasteiger partial charge in [-0.2, -0.15) is 0 Å². The fourth-order valence-electron chi connectivity index (χ4n) is 2.75. The van der Waals surface area contributed by atoms with E-state index in [2.05, 4.69) is 31.2 Å². The summed E-state index contributed by atoms with van der Waals surface area (Å²) in [6.45, 7) is 3.24. The second kappa shape index (κ2) is 5.34. The number of anilines is 1. The molecule has 0 fully saturated rings. The molecule has 2 aliphatic rings. The average Bonchev–Trinajstić information content (AvgIpc) is 3.12. The van der Waals surface area contributed by atoms with Crippen molar-refractivity contribution in [2.75, 3.05) is 18.4 Å². The van der Waals surface area contributed by atoms with Crippen LogP contribution in [0.4, 0.5) is 11.6 Å². The SMILES string of the molecule is Cc1oc2c(c1C(=O)Nc1ccc(Br)cc1)C1=NCCN1C=N2. The number of furan rings is 1. The molecule has 1 N–H and O–H groups in total. The van der Waals surface area contributed by atoms with Crippen LogP contribution in [0, 0.1) is 6.92 Å². The Bertz CT molecular complexity index is 852. The summed E-state index contributed by atoms with van der Waals surface area (Å²) in [4.78, 5) is 23.4.